The Morgan fingerprint density at radius 1 is 1.12 bits per heavy atom. The Bertz CT molecular complexity index is 768. The number of anilines is 1. The molecule has 0 radical (unpaired) electrons. The van der Waals surface area contributed by atoms with Gasteiger partial charge in [0.15, 0.2) is 0 Å². The fourth-order valence-electron chi connectivity index (χ4n) is 2.70. The van der Waals surface area contributed by atoms with Gasteiger partial charge in [0.2, 0.25) is 10.0 Å². The molecule has 1 aromatic carbocycles. The summed E-state index contributed by atoms with van der Waals surface area (Å²) in [5.74, 6) is 1.59. The van der Waals surface area contributed by atoms with E-state index in [0.717, 1.165) is 30.0 Å². The molecule has 24 heavy (non-hydrogen) atoms. The van der Waals surface area contributed by atoms with Gasteiger partial charge in [-0.25, -0.2) is 13.4 Å². The van der Waals surface area contributed by atoms with Gasteiger partial charge in [-0.15, -0.1) is 0 Å². The lowest BCUT2D eigenvalue weighted by Crippen LogP contribution is -2.29. The topological polar surface area (TPSA) is 72.8 Å². The van der Waals surface area contributed by atoms with Crippen LogP contribution in [0.2, 0.25) is 0 Å². The average molecular weight is 348 g/mol. The molecule has 0 amide bonds. The van der Waals surface area contributed by atoms with Crippen LogP contribution in [0.4, 0.5) is 5.82 Å². The normalized spacial score (nSPS) is 15.4. The van der Waals surface area contributed by atoms with Crippen molar-refractivity contribution in [2.24, 2.45) is 0 Å². The number of benzene rings is 1. The van der Waals surface area contributed by atoms with Crippen LogP contribution < -0.4 is 15.0 Å². The van der Waals surface area contributed by atoms with E-state index in [-0.39, 0.29) is 0 Å². The molecule has 0 saturated carbocycles. The third-order valence-electron chi connectivity index (χ3n) is 4.13. The van der Waals surface area contributed by atoms with E-state index in [4.69, 9.17) is 4.74 Å². The standard InChI is InChI=1S/C17H21N3O3S/c1-23-15-6-4-14(5-7-15)12-18-17-9-8-16(13-19-17)24(21,22)20-10-2-3-11-20/h4-9,13H,2-3,10-12H2,1H3,(H,18,19)/p+1. The molecular formula is C17H22N3O3S+. The van der Waals surface area contributed by atoms with E-state index in [2.05, 4.69) is 10.3 Å². The molecule has 1 saturated heterocycles. The van der Waals surface area contributed by atoms with Crippen LogP contribution in [-0.2, 0) is 16.6 Å². The summed E-state index contributed by atoms with van der Waals surface area (Å²) < 4.78 is 31.6. The van der Waals surface area contributed by atoms with E-state index < -0.39 is 10.0 Å². The predicted molar refractivity (Wildman–Crippen MR) is 91.3 cm³/mol. The van der Waals surface area contributed by atoms with Gasteiger partial charge in [-0.1, -0.05) is 12.1 Å². The number of rotatable bonds is 6. The van der Waals surface area contributed by atoms with Crippen LogP contribution in [0.5, 0.6) is 5.75 Å². The van der Waals surface area contributed by atoms with E-state index >= 15 is 0 Å². The average Bonchev–Trinajstić information content (AvgIpc) is 3.16. The van der Waals surface area contributed by atoms with Crippen molar-refractivity contribution in [1.29, 1.82) is 0 Å². The zero-order valence-corrected chi connectivity index (χ0v) is 14.5. The maximum absolute atomic E-state index is 12.5. The van der Waals surface area contributed by atoms with Gasteiger partial charge in [-0.05, 0) is 36.6 Å². The highest BCUT2D eigenvalue weighted by Gasteiger charge is 2.27. The van der Waals surface area contributed by atoms with E-state index in [1.165, 1.54) is 0 Å². The molecule has 0 unspecified atom stereocenters. The van der Waals surface area contributed by atoms with E-state index in [1.54, 1.807) is 29.7 Å². The van der Waals surface area contributed by atoms with Crippen molar-refractivity contribution in [3.05, 3.63) is 48.2 Å². The lowest BCUT2D eigenvalue weighted by atomic mass is 10.2. The first-order valence-corrected chi connectivity index (χ1v) is 9.42. The second kappa shape index (κ2) is 7.19. The minimum absolute atomic E-state index is 0.305. The third kappa shape index (κ3) is 3.68. The number of pyridine rings is 1. The van der Waals surface area contributed by atoms with Crippen molar-refractivity contribution in [1.82, 2.24) is 4.31 Å². The highest BCUT2D eigenvalue weighted by molar-refractivity contribution is 7.89. The summed E-state index contributed by atoms with van der Waals surface area (Å²) in [6, 6.07) is 11.2. The number of nitrogens with zero attached hydrogens (tertiary/aromatic N) is 1. The summed E-state index contributed by atoms with van der Waals surface area (Å²) in [6.45, 7) is 1.86. The minimum Gasteiger partial charge on any atom is -0.497 e. The van der Waals surface area contributed by atoms with Crippen molar-refractivity contribution in [3.8, 4) is 5.75 Å². The Morgan fingerprint density at radius 3 is 2.42 bits per heavy atom. The number of aromatic nitrogens is 1. The quantitative estimate of drug-likeness (QED) is 0.865. The van der Waals surface area contributed by atoms with Gasteiger partial charge in [0.25, 0.3) is 5.82 Å². The van der Waals surface area contributed by atoms with Gasteiger partial charge in [0, 0.05) is 19.2 Å². The molecule has 3 rings (SSSR count). The highest BCUT2D eigenvalue weighted by atomic mass is 32.2. The highest BCUT2D eigenvalue weighted by Crippen LogP contribution is 2.20. The number of ether oxygens (including phenoxy) is 1. The van der Waals surface area contributed by atoms with E-state index in [0.29, 0.717) is 24.5 Å². The van der Waals surface area contributed by atoms with Gasteiger partial charge in [-0.3, -0.25) is 5.32 Å². The molecule has 1 fully saturated rings. The van der Waals surface area contributed by atoms with Crippen LogP contribution >= 0.6 is 0 Å². The van der Waals surface area contributed by atoms with Crippen molar-refractivity contribution in [2.75, 3.05) is 25.5 Å². The third-order valence-corrected chi connectivity index (χ3v) is 6.02. The van der Waals surface area contributed by atoms with Crippen molar-refractivity contribution in [2.45, 2.75) is 24.3 Å². The van der Waals surface area contributed by atoms with Crippen LogP contribution in [0.1, 0.15) is 18.4 Å². The summed E-state index contributed by atoms with van der Waals surface area (Å²) >= 11 is 0. The maximum Gasteiger partial charge on any atom is 0.272 e. The van der Waals surface area contributed by atoms with Crippen molar-refractivity contribution < 1.29 is 18.1 Å². The molecule has 6 nitrogen and oxygen atoms in total. The lowest BCUT2D eigenvalue weighted by Gasteiger charge is -2.14. The summed E-state index contributed by atoms with van der Waals surface area (Å²) in [5, 5.41) is 3.24. The summed E-state index contributed by atoms with van der Waals surface area (Å²) in [7, 11) is -1.73. The van der Waals surface area contributed by atoms with E-state index in [1.807, 2.05) is 24.3 Å². The molecule has 128 valence electrons. The van der Waals surface area contributed by atoms with Crippen molar-refractivity contribution >= 4 is 15.8 Å². The predicted octanol–water partition coefficient (Wildman–Crippen LogP) is 1.91. The number of nitrogens with one attached hydrogen (secondary N) is 2. The largest absolute Gasteiger partial charge is 0.497 e. The number of hydrogen-bond donors (Lipinski definition) is 1. The van der Waals surface area contributed by atoms with Gasteiger partial charge < -0.3 is 4.74 Å². The number of hydrogen-bond acceptors (Lipinski definition) is 4. The van der Waals surface area contributed by atoms with Gasteiger partial charge in [-0.2, -0.15) is 4.31 Å². The molecule has 7 heteroatoms. The van der Waals surface area contributed by atoms with Crippen molar-refractivity contribution in [3.63, 3.8) is 0 Å². The number of aromatic amines is 1. The molecule has 0 aliphatic carbocycles. The Balaban J connectivity index is 1.63. The lowest BCUT2D eigenvalue weighted by molar-refractivity contribution is -0.364. The molecule has 2 heterocycles. The Kier molecular flexibility index (Phi) is 5.01. The molecule has 1 aliphatic rings. The number of sulfonamides is 1. The molecule has 2 N–H and O–H groups in total. The molecule has 0 atom stereocenters. The summed E-state index contributed by atoms with van der Waals surface area (Å²) in [5.41, 5.74) is 1.11. The monoisotopic (exact) mass is 348 g/mol. The Hall–Kier alpha value is -2.12. The zero-order valence-electron chi connectivity index (χ0n) is 13.7. The first-order valence-electron chi connectivity index (χ1n) is 7.98. The number of methoxy groups -OCH3 is 1. The number of H-pyrrole nitrogens is 1. The molecular weight excluding hydrogens is 326 g/mol. The first-order chi connectivity index (χ1) is 11.6. The molecule has 0 bridgehead atoms. The second-order valence-corrected chi connectivity index (χ2v) is 7.69. The first kappa shape index (κ1) is 16.7. The fraction of sp³-hybridized carbons (Fsp3) is 0.353. The van der Waals surface area contributed by atoms with Gasteiger partial charge >= 0.3 is 0 Å². The minimum atomic E-state index is -3.37. The smallest absolute Gasteiger partial charge is 0.272 e. The molecule has 1 aliphatic heterocycles. The fourth-order valence-corrected chi connectivity index (χ4v) is 4.18. The Labute approximate surface area is 142 Å². The SMILES string of the molecule is COc1ccc(CNc2ccc(S(=O)(=O)N3CCCC3)c[nH+]2)cc1. The second-order valence-electron chi connectivity index (χ2n) is 5.75. The van der Waals surface area contributed by atoms with E-state index in [9.17, 15) is 8.42 Å². The maximum atomic E-state index is 12.5. The van der Waals surface area contributed by atoms with Crippen LogP contribution in [0.3, 0.4) is 0 Å². The van der Waals surface area contributed by atoms with Gasteiger partial charge in [0.05, 0.1) is 7.11 Å². The Morgan fingerprint density at radius 2 is 1.83 bits per heavy atom. The molecule has 2 aromatic rings. The van der Waals surface area contributed by atoms with Crippen LogP contribution in [0, 0.1) is 0 Å². The summed E-state index contributed by atoms with van der Waals surface area (Å²) in [4.78, 5) is 3.32. The van der Waals surface area contributed by atoms with Crippen LogP contribution in [-0.4, -0.2) is 32.9 Å². The molecule has 1 aromatic heterocycles. The summed E-state index contributed by atoms with van der Waals surface area (Å²) in [6.07, 6.45) is 3.42. The van der Waals surface area contributed by atoms with Gasteiger partial charge in [0.1, 0.15) is 23.4 Å². The van der Waals surface area contributed by atoms with Crippen LogP contribution in [0.15, 0.2) is 47.5 Å². The molecule has 0 spiro atoms. The zero-order chi connectivity index (χ0) is 17.0. The van der Waals surface area contributed by atoms with Crippen LogP contribution in [0.25, 0.3) is 0 Å².